The van der Waals surface area contributed by atoms with Crippen molar-refractivity contribution in [2.75, 3.05) is 20.2 Å². The highest BCUT2D eigenvalue weighted by atomic mass is 16.6. The Kier molecular flexibility index (Phi) is 4.22. The van der Waals surface area contributed by atoms with Crippen LogP contribution < -0.4 is 0 Å². The molecule has 1 fully saturated rings. The topological polar surface area (TPSA) is 72.9 Å². The smallest absolute Gasteiger partial charge is 0.410 e. The SMILES string of the molecule is CCC1(C(=O)OC)CN(C(=O)OC(C)(C)C)CC1=O. The average molecular weight is 271 g/mol. The number of ether oxygens (including phenoxy) is 2. The maximum Gasteiger partial charge on any atom is 0.410 e. The molecule has 0 spiro atoms. The highest BCUT2D eigenvalue weighted by molar-refractivity contribution is 6.07. The zero-order chi connectivity index (χ0) is 14.8. The van der Waals surface area contributed by atoms with Crippen LogP contribution in [-0.4, -0.2) is 48.5 Å². The van der Waals surface area contributed by atoms with Crippen LogP contribution in [0.5, 0.6) is 0 Å². The zero-order valence-corrected chi connectivity index (χ0v) is 12.1. The lowest BCUT2D eigenvalue weighted by molar-refractivity contribution is -0.155. The molecule has 1 unspecified atom stereocenters. The van der Waals surface area contributed by atoms with Crippen LogP contribution in [0, 0.1) is 5.41 Å². The van der Waals surface area contributed by atoms with Gasteiger partial charge in [-0.25, -0.2) is 4.79 Å². The van der Waals surface area contributed by atoms with Crippen molar-refractivity contribution in [1.29, 1.82) is 0 Å². The number of hydrogen-bond acceptors (Lipinski definition) is 5. The van der Waals surface area contributed by atoms with Gasteiger partial charge in [0.25, 0.3) is 0 Å². The van der Waals surface area contributed by atoms with E-state index in [1.165, 1.54) is 12.0 Å². The molecule has 1 aliphatic rings. The molecule has 19 heavy (non-hydrogen) atoms. The van der Waals surface area contributed by atoms with Crippen LogP contribution in [0.25, 0.3) is 0 Å². The molecule has 6 nitrogen and oxygen atoms in total. The van der Waals surface area contributed by atoms with E-state index in [-0.39, 0.29) is 18.9 Å². The first-order valence-electron chi connectivity index (χ1n) is 6.26. The molecule has 1 atom stereocenters. The molecule has 0 aromatic carbocycles. The number of likely N-dealkylation sites (tertiary alicyclic amines) is 1. The normalized spacial score (nSPS) is 23.4. The number of ketones is 1. The van der Waals surface area contributed by atoms with Crippen molar-refractivity contribution in [2.45, 2.75) is 39.7 Å². The summed E-state index contributed by atoms with van der Waals surface area (Å²) in [5.41, 5.74) is -1.88. The summed E-state index contributed by atoms with van der Waals surface area (Å²) in [5, 5.41) is 0. The zero-order valence-electron chi connectivity index (χ0n) is 12.1. The number of nitrogens with zero attached hydrogens (tertiary/aromatic N) is 1. The fourth-order valence-electron chi connectivity index (χ4n) is 2.08. The predicted octanol–water partition coefficient (Wildman–Crippen LogP) is 1.38. The number of esters is 1. The van der Waals surface area contributed by atoms with Gasteiger partial charge in [0.2, 0.25) is 0 Å². The van der Waals surface area contributed by atoms with E-state index in [0.29, 0.717) is 6.42 Å². The second-order valence-corrected chi connectivity index (χ2v) is 5.69. The Morgan fingerprint density at radius 2 is 1.95 bits per heavy atom. The van der Waals surface area contributed by atoms with Crippen LogP contribution in [0.15, 0.2) is 0 Å². The summed E-state index contributed by atoms with van der Waals surface area (Å²) in [6, 6.07) is 0. The minimum Gasteiger partial charge on any atom is -0.468 e. The molecule has 0 radical (unpaired) electrons. The number of rotatable bonds is 2. The van der Waals surface area contributed by atoms with E-state index in [2.05, 4.69) is 4.74 Å². The van der Waals surface area contributed by atoms with Gasteiger partial charge in [-0.1, -0.05) is 6.92 Å². The lowest BCUT2D eigenvalue weighted by atomic mass is 9.83. The number of Topliss-reactive ketones (excluding diaryl/α,β-unsaturated/α-hetero) is 1. The van der Waals surface area contributed by atoms with E-state index in [0.717, 1.165) is 0 Å². The van der Waals surface area contributed by atoms with Crippen molar-refractivity contribution >= 4 is 17.8 Å². The van der Waals surface area contributed by atoms with Crippen LogP contribution in [0.3, 0.4) is 0 Å². The Bertz CT molecular complexity index is 398. The van der Waals surface area contributed by atoms with Crippen molar-refractivity contribution in [3.8, 4) is 0 Å². The molecular weight excluding hydrogens is 250 g/mol. The van der Waals surface area contributed by atoms with Crippen LogP contribution in [0.4, 0.5) is 4.79 Å². The lowest BCUT2D eigenvalue weighted by Crippen LogP contribution is -2.41. The number of methoxy groups -OCH3 is 1. The number of amides is 1. The van der Waals surface area contributed by atoms with E-state index in [4.69, 9.17) is 4.74 Å². The molecule has 1 saturated heterocycles. The molecule has 108 valence electrons. The molecule has 6 heteroatoms. The van der Waals surface area contributed by atoms with E-state index >= 15 is 0 Å². The Labute approximate surface area is 113 Å². The van der Waals surface area contributed by atoms with Gasteiger partial charge in [-0.3, -0.25) is 14.5 Å². The van der Waals surface area contributed by atoms with Gasteiger partial charge in [0, 0.05) is 6.54 Å². The molecule has 0 bridgehead atoms. The lowest BCUT2D eigenvalue weighted by Gasteiger charge is -2.26. The quantitative estimate of drug-likeness (QED) is 0.560. The summed E-state index contributed by atoms with van der Waals surface area (Å²) in [7, 11) is 1.24. The molecule has 1 amide bonds. The van der Waals surface area contributed by atoms with Gasteiger partial charge in [-0.05, 0) is 27.2 Å². The van der Waals surface area contributed by atoms with Gasteiger partial charge >= 0.3 is 12.1 Å². The predicted molar refractivity (Wildman–Crippen MR) is 67.6 cm³/mol. The van der Waals surface area contributed by atoms with Gasteiger partial charge in [-0.2, -0.15) is 0 Å². The van der Waals surface area contributed by atoms with Gasteiger partial charge < -0.3 is 9.47 Å². The molecular formula is C13H21NO5. The monoisotopic (exact) mass is 271 g/mol. The van der Waals surface area contributed by atoms with Gasteiger partial charge in [0.1, 0.15) is 11.0 Å². The number of hydrogen-bond donors (Lipinski definition) is 0. The minimum atomic E-state index is -1.24. The molecule has 0 aliphatic carbocycles. The van der Waals surface area contributed by atoms with E-state index in [1.54, 1.807) is 27.7 Å². The highest BCUT2D eigenvalue weighted by Crippen LogP contribution is 2.33. The Balaban J connectivity index is 2.87. The first kappa shape index (κ1) is 15.5. The second kappa shape index (κ2) is 5.19. The summed E-state index contributed by atoms with van der Waals surface area (Å²) >= 11 is 0. The minimum absolute atomic E-state index is 0.0178. The summed E-state index contributed by atoms with van der Waals surface area (Å²) in [6.45, 7) is 6.87. The molecule has 1 rings (SSSR count). The first-order chi connectivity index (χ1) is 8.66. The molecule has 0 aromatic rings. The van der Waals surface area contributed by atoms with Gasteiger partial charge in [0.05, 0.1) is 13.7 Å². The third kappa shape index (κ3) is 3.05. The van der Waals surface area contributed by atoms with E-state index < -0.39 is 23.1 Å². The summed E-state index contributed by atoms with van der Waals surface area (Å²) < 4.78 is 9.89. The fraction of sp³-hybridized carbons (Fsp3) is 0.769. The molecule has 1 aliphatic heterocycles. The second-order valence-electron chi connectivity index (χ2n) is 5.69. The third-order valence-corrected chi connectivity index (χ3v) is 3.16. The standard InChI is InChI=1S/C13H21NO5/c1-6-13(10(16)18-5)8-14(7-9(13)15)11(17)19-12(2,3)4/h6-8H2,1-5H3. The molecule has 0 aromatic heterocycles. The van der Waals surface area contributed by atoms with Crippen LogP contribution in [0.1, 0.15) is 34.1 Å². The number of carbonyl (C=O) groups is 3. The highest BCUT2D eigenvalue weighted by Gasteiger charge is 2.53. The Hall–Kier alpha value is -1.59. The van der Waals surface area contributed by atoms with Crippen LogP contribution in [-0.2, 0) is 19.1 Å². The maximum atomic E-state index is 12.1. The Morgan fingerprint density at radius 3 is 2.37 bits per heavy atom. The fourth-order valence-corrected chi connectivity index (χ4v) is 2.08. The molecule has 0 saturated carbocycles. The maximum absolute atomic E-state index is 12.1. The number of carbonyl (C=O) groups excluding carboxylic acids is 3. The summed E-state index contributed by atoms with van der Waals surface area (Å²) in [4.78, 5) is 37.0. The summed E-state index contributed by atoms with van der Waals surface area (Å²) in [6.07, 6.45) is -0.280. The average Bonchev–Trinajstić information content (AvgIpc) is 2.64. The van der Waals surface area contributed by atoms with Crippen LogP contribution >= 0.6 is 0 Å². The van der Waals surface area contributed by atoms with Crippen LogP contribution in [0.2, 0.25) is 0 Å². The Morgan fingerprint density at radius 1 is 1.37 bits per heavy atom. The van der Waals surface area contributed by atoms with Crippen molar-refractivity contribution < 1.29 is 23.9 Å². The van der Waals surface area contributed by atoms with E-state index in [1.807, 2.05) is 0 Å². The third-order valence-electron chi connectivity index (χ3n) is 3.16. The van der Waals surface area contributed by atoms with Crippen molar-refractivity contribution in [2.24, 2.45) is 5.41 Å². The van der Waals surface area contributed by atoms with Gasteiger partial charge in [0.15, 0.2) is 5.78 Å². The molecule has 0 N–H and O–H groups in total. The van der Waals surface area contributed by atoms with Gasteiger partial charge in [-0.15, -0.1) is 0 Å². The first-order valence-corrected chi connectivity index (χ1v) is 6.26. The van der Waals surface area contributed by atoms with Crippen molar-refractivity contribution in [3.05, 3.63) is 0 Å². The molecule has 1 heterocycles. The largest absolute Gasteiger partial charge is 0.468 e. The van der Waals surface area contributed by atoms with Crippen molar-refractivity contribution in [3.63, 3.8) is 0 Å². The van der Waals surface area contributed by atoms with E-state index in [9.17, 15) is 14.4 Å². The summed E-state index contributed by atoms with van der Waals surface area (Å²) in [5.74, 6) is -0.890. The van der Waals surface area contributed by atoms with Crippen molar-refractivity contribution in [1.82, 2.24) is 4.90 Å².